The molecule has 37 heavy (non-hydrogen) atoms. The van der Waals surface area contributed by atoms with Crippen LogP contribution in [0.3, 0.4) is 0 Å². The van der Waals surface area contributed by atoms with Gasteiger partial charge in [0.15, 0.2) is 5.96 Å². The number of amides is 3. The van der Waals surface area contributed by atoms with Crippen molar-refractivity contribution in [3.63, 3.8) is 0 Å². The fourth-order valence-electron chi connectivity index (χ4n) is 3.22. The zero-order valence-electron chi connectivity index (χ0n) is 20.8. The maximum atomic E-state index is 13.0. The summed E-state index contributed by atoms with van der Waals surface area (Å²) in [6.07, 6.45) is 2.61. The van der Waals surface area contributed by atoms with E-state index < -0.39 is 54.5 Å². The van der Waals surface area contributed by atoms with Crippen LogP contribution < -0.4 is 33.2 Å². The lowest BCUT2D eigenvalue weighted by Gasteiger charge is -2.24. The number of aliphatic hydroxyl groups excluding tert-OH is 1. The van der Waals surface area contributed by atoms with Crippen molar-refractivity contribution in [1.29, 1.82) is 0 Å². The van der Waals surface area contributed by atoms with Gasteiger partial charge in [0.1, 0.15) is 18.1 Å². The van der Waals surface area contributed by atoms with Crippen molar-refractivity contribution in [3.8, 4) is 0 Å². The molecule has 0 heterocycles. The molecule has 0 aliphatic heterocycles. The Balaban J connectivity index is 2.94. The number of carboxylic acids is 1. The van der Waals surface area contributed by atoms with Gasteiger partial charge in [0.05, 0.1) is 12.6 Å². The van der Waals surface area contributed by atoms with E-state index in [1.807, 2.05) is 6.26 Å². The highest BCUT2D eigenvalue weighted by atomic mass is 32.2. The number of carbonyl (C=O) groups is 4. The number of nitrogens with two attached hydrogens (primary N) is 3. The van der Waals surface area contributed by atoms with Crippen LogP contribution in [0.25, 0.3) is 0 Å². The normalized spacial score (nSPS) is 13.9. The van der Waals surface area contributed by atoms with E-state index >= 15 is 0 Å². The second-order valence-electron chi connectivity index (χ2n) is 8.23. The van der Waals surface area contributed by atoms with Gasteiger partial charge in [-0.1, -0.05) is 30.3 Å². The molecule has 4 unspecified atom stereocenters. The molecule has 0 bridgehead atoms. The number of carboxylic acid groups (broad SMARTS) is 1. The van der Waals surface area contributed by atoms with E-state index in [2.05, 4.69) is 20.9 Å². The van der Waals surface area contributed by atoms with E-state index in [4.69, 9.17) is 17.2 Å². The summed E-state index contributed by atoms with van der Waals surface area (Å²) in [5, 5.41) is 26.6. The predicted molar refractivity (Wildman–Crippen MR) is 142 cm³/mol. The van der Waals surface area contributed by atoms with Gasteiger partial charge in [0.25, 0.3) is 0 Å². The van der Waals surface area contributed by atoms with Gasteiger partial charge in [-0.25, -0.2) is 4.79 Å². The lowest BCUT2D eigenvalue weighted by molar-refractivity contribution is -0.142. The fourth-order valence-corrected chi connectivity index (χ4v) is 3.71. The molecule has 0 aromatic heterocycles. The summed E-state index contributed by atoms with van der Waals surface area (Å²) in [5.41, 5.74) is 17.1. The number of aliphatic hydroxyl groups is 1. The van der Waals surface area contributed by atoms with E-state index in [0.29, 0.717) is 17.7 Å². The molecule has 1 aromatic carbocycles. The number of rotatable bonds is 17. The molecule has 1 rings (SSSR count). The second kappa shape index (κ2) is 17.2. The Bertz CT molecular complexity index is 914. The Morgan fingerprint density at radius 2 is 1.54 bits per heavy atom. The van der Waals surface area contributed by atoms with Gasteiger partial charge in [-0.05, 0) is 36.8 Å². The number of nitrogens with zero attached hydrogens (tertiary/aromatic N) is 1. The molecule has 11 N–H and O–H groups in total. The highest BCUT2D eigenvalue weighted by Gasteiger charge is 2.30. The van der Waals surface area contributed by atoms with Gasteiger partial charge in [-0.2, -0.15) is 11.8 Å². The Morgan fingerprint density at radius 1 is 0.946 bits per heavy atom. The molecule has 4 atom stereocenters. The van der Waals surface area contributed by atoms with E-state index in [0.717, 1.165) is 0 Å². The maximum absolute atomic E-state index is 13.0. The van der Waals surface area contributed by atoms with Crippen LogP contribution in [-0.2, 0) is 25.6 Å². The Labute approximate surface area is 220 Å². The molecular weight excluding hydrogens is 502 g/mol. The van der Waals surface area contributed by atoms with Crippen LogP contribution in [-0.4, -0.2) is 89.2 Å². The van der Waals surface area contributed by atoms with Gasteiger partial charge in [-0.3, -0.25) is 19.4 Å². The van der Waals surface area contributed by atoms with E-state index in [9.17, 15) is 29.4 Å². The molecule has 3 amide bonds. The maximum Gasteiger partial charge on any atom is 0.326 e. The molecule has 0 saturated heterocycles. The average Bonchev–Trinajstić information content (AvgIpc) is 2.87. The van der Waals surface area contributed by atoms with Crippen molar-refractivity contribution in [3.05, 3.63) is 35.9 Å². The van der Waals surface area contributed by atoms with E-state index in [1.165, 1.54) is 11.8 Å². The number of nitrogens with one attached hydrogen (secondary N) is 3. The first-order valence-corrected chi connectivity index (χ1v) is 13.1. The molecule has 0 spiro atoms. The van der Waals surface area contributed by atoms with Crippen molar-refractivity contribution in [2.24, 2.45) is 22.2 Å². The highest BCUT2D eigenvalue weighted by molar-refractivity contribution is 7.98. The van der Waals surface area contributed by atoms with Gasteiger partial charge >= 0.3 is 5.97 Å². The van der Waals surface area contributed by atoms with Crippen LogP contribution in [0, 0.1) is 0 Å². The van der Waals surface area contributed by atoms with Gasteiger partial charge in [0.2, 0.25) is 17.7 Å². The lowest BCUT2D eigenvalue weighted by atomic mass is 10.0. The number of guanidine groups is 1. The SMILES string of the molecule is CSCCC(N)C(=O)NC(CO)C(=O)NC(CCCN=C(N)N)C(=O)NC(Cc1ccccc1)C(=O)O. The second-order valence-corrected chi connectivity index (χ2v) is 9.22. The minimum absolute atomic E-state index is 0.0276. The molecule has 0 saturated carbocycles. The van der Waals surface area contributed by atoms with E-state index in [1.54, 1.807) is 30.3 Å². The number of hydrogen-bond acceptors (Lipinski definition) is 8. The molecular formula is C23H37N7O6S. The third kappa shape index (κ3) is 12.4. The minimum Gasteiger partial charge on any atom is -0.480 e. The zero-order valence-corrected chi connectivity index (χ0v) is 21.6. The first-order chi connectivity index (χ1) is 17.6. The first-order valence-electron chi connectivity index (χ1n) is 11.7. The number of aliphatic imine (C=N–C) groups is 1. The van der Waals surface area contributed by atoms with Crippen LogP contribution in [0.1, 0.15) is 24.8 Å². The monoisotopic (exact) mass is 539 g/mol. The molecule has 0 aliphatic rings. The lowest BCUT2D eigenvalue weighted by Crippen LogP contribution is -2.58. The molecule has 1 aromatic rings. The van der Waals surface area contributed by atoms with Crippen molar-refractivity contribution in [1.82, 2.24) is 16.0 Å². The third-order valence-electron chi connectivity index (χ3n) is 5.26. The summed E-state index contributed by atoms with van der Waals surface area (Å²) in [4.78, 5) is 53.8. The summed E-state index contributed by atoms with van der Waals surface area (Å²) in [7, 11) is 0. The predicted octanol–water partition coefficient (Wildman–Crippen LogP) is -2.11. The summed E-state index contributed by atoms with van der Waals surface area (Å²) in [6.45, 7) is -0.570. The fraction of sp³-hybridized carbons (Fsp3) is 0.522. The molecule has 0 aliphatic carbocycles. The molecule has 14 heteroatoms. The Kier molecular flexibility index (Phi) is 14.7. The number of aliphatic carboxylic acids is 1. The summed E-state index contributed by atoms with van der Waals surface area (Å²) in [5.74, 6) is -2.95. The smallest absolute Gasteiger partial charge is 0.326 e. The first kappa shape index (κ1) is 31.7. The van der Waals surface area contributed by atoms with Crippen LogP contribution in [0.15, 0.2) is 35.3 Å². The summed E-state index contributed by atoms with van der Waals surface area (Å²) >= 11 is 1.51. The Hall–Kier alpha value is -3.36. The van der Waals surface area contributed by atoms with Crippen molar-refractivity contribution in [2.45, 2.75) is 49.9 Å². The number of hydrogen-bond donors (Lipinski definition) is 8. The van der Waals surface area contributed by atoms with E-state index in [-0.39, 0.29) is 31.8 Å². The molecule has 0 fully saturated rings. The largest absolute Gasteiger partial charge is 0.480 e. The summed E-state index contributed by atoms with van der Waals surface area (Å²) in [6, 6.07) is 4.07. The zero-order chi connectivity index (χ0) is 27.8. The summed E-state index contributed by atoms with van der Waals surface area (Å²) < 4.78 is 0. The van der Waals surface area contributed by atoms with Crippen molar-refractivity contribution < 1.29 is 29.4 Å². The van der Waals surface area contributed by atoms with Crippen molar-refractivity contribution >= 4 is 41.4 Å². The number of thioether (sulfide) groups is 1. The van der Waals surface area contributed by atoms with Crippen LogP contribution in [0.5, 0.6) is 0 Å². The average molecular weight is 540 g/mol. The minimum atomic E-state index is -1.36. The van der Waals surface area contributed by atoms with Crippen LogP contribution in [0.4, 0.5) is 0 Å². The Morgan fingerprint density at radius 3 is 2.11 bits per heavy atom. The topological polar surface area (TPSA) is 235 Å². The quantitative estimate of drug-likeness (QED) is 0.0609. The van der Waals surface area contributed by atoms with Crippen LogP contribution >= 0.6 is 11.8 Å². The highest BCUT2D eigenvalue weighted by Crippen LogP contribution is 2.06. The van der Waals surface area contributed by atoms with Crippen molar-refractivity contribution in [2.75, 3.05) is 25.2 Å². The third-order valence-corrected chi connectivity index (χ3v) is 5.90. The molecule has 0 radical (unpaired) electrons. The van der Waals surface area contributed by atoms with Gasteiger partial charge in [0, 0.05) is 13.0 Å². The van der Waals surface area contributed by atoms with Gasteiger partial charge < -0.3 is 43.4 Å². The van der Waals surface area contributed by atoms with Crippen LogP contribution in [0.2, 0.25) is 0 Å². The number of carbonyl (C=O) groups excluding carboxylic acids is 3. The molecule has 206 valence electrons. The number of benzene rings is 1. The molecule has 13 nitrogen and oxygen atoms in total. The standard InChI is InChI=1S/C23H37N7O6S/c1-37-11-9-15(24)19(32)30-18(13-31)21(34)28-16(8-5-10-27-23(25)26)20(33)29-17(22(35)36)12-14-6-3-2-4-7-14/h2-4,6-7,15-18,31H,5,8-13,24H2,1H3,(H,28,34)(H,29,33)(H,30,32)(H,35,36)(H4,25,26,27). The van der Waals surface area contributed by atoms with Gasteiger partial charge in [-0.15, -0.1) is 0 Å².